The Morgan fingerprint density at radius 1 is 1.22 bits per heavy atom. The van der Waals surface area contributed by atoms with Gasteiger partial charge in [0.1, 0.15) is 0 Å². The molecule has 1 aromatic rings. The molecule has 2 heteroatoms. The van der Waals surface area contributed by atoms with Crippen LogP contribution in [0.2, 0.25) is 0 Å². The number of hydrogen-bond acceptors (Lipinski definition) is 1. The minimum Gasteiger partial charge on any atom is -0.315 e. The third-order valence-electron chi connectivity index (χ3n) is 1.16. The molecule has 0 aliphatic carbocycles. The lowest BCUT2D eigenvalue weighted by molar-refractivity contribution is 0.568. The zero-order valence-corrected chi connectivity index (χ0v) is 5.08. The van der Waals surface area contributed by atoms with E-state index in [9.17, 15) is 4.79 Å². The van der Waals surface area contributed by atoms with Crippen LogP contribution in [0.25, 0.3) is 0 Å². The van der Waals surface area contributed by atoms with E-state index in [0.29, 0.717) is 7.28 Å². The first-order valence-electron chi connectivity index (χ1n) is 2.91. The Morgan fingerprint density at radius 3 is 2.44 bits per heavy atom. The highest BCUT2D eigenvalue weighted by molar-refractivity contribution is 6.78. The zero-order chi connectivity index (χ0) is 6.53. The lowest BCUT2D eigenvalue weighted by Crippen LogP contribution is -2.13. The van der Waals surface area contributed by atoms with E-state index in [1.54, 1.807) is 0 Å². The minimum absolute atomic E-state index is 0.529. The van der Waals surface area contributed by atoms with Gasteiger partial charge in [0.05, 0.1) is 6.19 Å². The molecule has 0 heterocycles. The molecular formula is C7H7BO. The molecule has 0 atom stereocenters. The molecule has 0 aliphatic heterocycles. The number of benzene rings is 1. The van der Waals surface area contributed by atoms with Crippen molar-refractivity contribution in [1.82, 2.24) is 0 Å². The maximum absolute atomic E-state index is 9.97. The van der Waals surface area contributed by atoms with Gasteiger partial charge in [-0.15, -0.1) is 0 Å². The van der Waals surface area contributed by atoms with Crippen molar-refractivity contribution in [2.45, 2.75) is 0 Å². The molecule has 0 saturated heterocycles. The minimum atomic E-state index is 0.529. The van der Waals surface area contributed by atoms with Gasteiger partial charge in [0.2, 0.25) is 7.28 Å². The highest BCUT2D eigenvalue weighted by Crippen LogP contribution is 1.78. The third kappa shape index (κ3) is 1.72. The summed E-state index contributed by atoms with van der Waals surface area (Å²) in [6.45, 7) is 0. The summed E-state index contributed by atoms with van der Waals surface area (Å²) in [5, 5.41) is 0. The van der Waals surface area contributed by atoms with Crippen LogP contribution in [-0.2, 0) is 4.79 Å². The van der Waals surface area contributed by atoms with Gasteiger partial charge in [-0.2, -0.15) is 0 Å². The van der Waals surface area contributed by atoms with Crippen LogP contribution in [0.15, 0.2) is 30.3 Å². The highest BCUT2D eigenvalue weighted by Gasteiger charge is 1.88. The Morgan fingerprint density at radius 2 is 1.89 bits per heavy atom. The molecule has 0 saturated carbocycles. The van der Waals surface area contributed by atoms with Crippen LogP contribution in [0, 0.1) is 0 Å². The van der Waals surface area contributed by atoms with Crippen LogP contribution in [0.5, 0.6) is 0 Å². The zero-order valence-electron chi connectivity index (χ0n) is 5.08. The Hall–Kier alpha value is -1.05. The van der Waals surface area contributed by atoms with Gasteiger partial charge < -0.3 is 4.79 Å². The predicted octanol–water partition coefficient (Wildman–Crippen LogP) is -0.0614. The molecule has 9 heavy (non-hydrogen) atoms. The van der Waals surface area contributed by atoms with E-state index in [-0.39, 0.29) is 0 Å². The standard InChI is InChI=1S/C7H7BO/c9-6-8-7-4-2-1-3-5-7/h1-6,8H. The van der Waals surface area contributed by atoms with Gasteiger partial charge in [-0.05, 0) is 0 Å². The molecule has 0 aromatic heterocycles. The largest absolute Gasteiger partial charge is 0.315 e. The van der Waals surface area contributed by atoms with Crippen molar-refractivity contribution in [3.05, 3.63) is 30.3 Å². The van der Waals surface area contributed by atoms with Crippen LogP contribution in [0.1, 0.15) is 0 Å². The van der Waals surface area contributed by atoms with Crippen LogP contribution in [0.3, 0.4) is 0 Å². The molecule has 1 aromatic carbocycles. The first-order valence-corrected chi connectivity index (χ1v) is 2.91. The summed E-state index contributed by atoms with van der Waals surface area (Å²) in [6.07, 6.45) is 0.912. The third-order valence-corrected chi connectivity index (χ3v) is 1.16. The molecule has 0 bridgehead atoms. The van der Waals surface area contributed by atoms with Crippen LogP contribution in [-0.4, -0.2) is 13.5 Å². The monoisotopic (exact) mass is 118 g/mol. The van der Waals surface area contributed by atoms with Gasteiger partial charge in [0.15, 0.2) is 0 Å². The first kappa shape index (κ1) is 6.08. The summed E-state index contributed by atoms with van der Waals surface area (Å²) in [5.74, 6) is 0. The van der Waals surface area contributed by atoms with Crippen molar-refractivity contribution < 1.29 is 4.79 Å². The molecule has 0 aliphatic rings. The van der Waals surface area contributed by atoms with E-state index >= 15 is 0 Å². The van der Waals surface area contributed by atoms with Gasteiger partial charge in [-0.25, -0.2) is 0 Å². The number of hydrogen-bond donors (Lipinski definition) is 0. The predicted molar refractivity (Wildman–Crippen MR) is 40.0 cm³/mol. The first-order chi connectivity index (χ1) is 4.43. The fourth-order valence-electron chi connectivity index (χ4n) is 0.710. The topological polar surface area (TPSA) is 17.1 Å². The number of carbonyl (C=O) groups excluding carboxylic acids is 1. The van der Waals surface area contributed by atoms with Crippen molar-refractivity contribution >= 4 is 18.9 Å². The fraction of sp³-hybridized carbons (Fsp3) is 0. The fourth-order valence-corrected chi connectivity index (χ4v) is 0.710. The average molecular weight is 118 g/mol. The molecule has 0 radical (unpaired) electrons. The number of carbonyl (C=O) groups is 1. The summed E-state index contributed by atoms with van der Waals surface area (Å²) in [6, 6.07) is 9.68. The molecule has 0 spiro atoms. The van der Waals surface area contributed by atoms with Gasteiger partial charge in [0, 0.05) is 0 Å². The second-order valence-corrected chi connectivity index (χ2v) is 1.86. The molecule has 1 nitrogen and oxygen atoms in total. The molecule has 44 valence electrons. The second-order valence-electron chi connectivity index (χ2n) is 1.86. The molecular weight excluding hydrogens is 111 g/mol. The maximum Gasteiger partial charge on any atom is 0.234 e. The lowest BCUT2D eigenvalue weighted by Gasteiger charge is -1.87. The summed E-state index contributed by atoms with van der Waals surface area (Å²) in [5.41, 5.74) is 1.08. The Balaban J connectivity index is 2.72. The van der Waals surface area contributed by atoms with E-state index < -0.39 is 0 Å². The summed E-state index contributed by atoms with van der Waals surface area (Å²) in [7, 11) is 0.529. The SMILES string of the molecule is O=CBc1ccccc1. The molecule has 0 N–H and O–H groups in total. The van der Waals surface area contributed by atoms with Crippen molar-refractivity contribution in [3.63, 3.8) is 0 Å². The van der Waals surface area contributed by atoms with E-state index in [1.165, 1.54) is 0 Å². The molecule has 0 unspecified atom stereocenters. The van der Waals surface area contributed by atoms with Gasteiger partial charge >= 0.3 is 0 Å². The summed E-state index contributed by atoms with van der Waals surface area (Å²) in [4.78, 5) is 9.97. The summed E-state index contributed by atoms with van der Waals surface area (Å²) >= 11 is 0. The van der Waals surface area contributed by atoms with Crippen LogP contribution < -0.4 is 5.46 Å². The molecule has 0 fully saturated rings. The Labute approximate surface area is 54.9 Å². The molecule has 0 amide bonds. The van der Waals surface area contributed by atoms with Crippen molar-refractivity contribution in [3.8, 4) is 0 Å². The van der Waals surface area contributed by atoms with Gasteiger partial charge in [-0.1, -0.05) is 35.8 Å². The summed E-state index contributed by atoms with van der Waals surface area (Å²) < 4.78 is 0. The van der Waals surface area contributed by atoms with Crippen molar-refractivity contribution in [2.24, 2.45) is 0 Å². The average Bonchev–Trinajstić information content (AvgIpc) is 1.91. The van der Waals surface area contributed by atoms with E-state index in [2.05, 4.69) is 0 Å². The van der Waals surface area contributed by atoms with E-state index in [0.717, 1.165) is 11.6 Å². The van der Waals surface area contributed by atoms with E-state index in [4.69, 9.17) is 0 Å². The maximum atomic E-state index is 9.97. The van der Waals surface area contributed by atoms with Gasteiger partial charge in [0.25, 0.3) is 0 Å². The number of rotatable bonds is 2. The van der Waals surface area contributed by atoms with Gasteiger partial charge in [-0.3, -0.25) is 0 Å². The highest BCUT2D eigenvalue weighted by atomic mass is 16.1. The molecule has 1 rings (SSSR count). The second kappa shape index (κ2) is 3.08. The Bertz CT molecular complexity index is 183. The normalized spacial score (nSPS) is 8.44. The lowest BCUT2D eigenvalue weighted by atomic mass is 9.73. The quantitative estimate of drug-likeness (QED) is 0.392. The van der Waals surface area contributed by atoms with Crippen molar-refractivity contribution in [1.29, 1.82) is 0 Å². The van der Waals surface area contributed by atoms with Crippen molar-refractivity contribution in [2.75, 3.05) is 0 Å². The van der Waals surface area contributed by atoms with E-state index in [1.807, 2.05) is 30.3 Å². The van der Waals surface area contributed by atoms with Crippen LogP contribution in [0.4, 0.5) is 0 Å². The van der Waals surface area contributed by atoms with Crippen LogP contribution >= 0.6 is 0 Å². The Kier molecular flexibility index (Phi) is 2.08. The smallest absolute Gasteiger partial charge is 0.234 e.